The molecule has 20 heavy (non-hydrogen) atoms. The molecule has 1 fully saturated rings. The van der Waals surface area contributed by atoms with Gasteiger partial charge in [0.1, 0.15) is 0 Å². The molecule has 2 rings (SSSR count). The zero-order valence-electron chi connectivity index (χ0n) is 12.6. The second-order valence-corrected chi connectivity index (χ2v) is 8.03. The standard InChI is InChI=1S/C16H25BrN2S/c1-4-15(18)16(13-6-5-7-14(17)10-13)19-8-9-20-12(3)11(19)2/h5-7,10-12,15-16H,4,8-9,18H2,1-3H3. The summed E-state index contributed by atoms with van der Waals surface area (Å²) in [5.74, 6) is 1.20. The zero-order chi connectivity index (χ0) is 14.7. The Bertz CT molecular complexity index is 440. The Labute approximate surface area is 135 Å². The van der Waals surface area contributed by atoms with Crippen LogP contribution in [0.2, 0.25) is 0 Å². The molecule has 2 N–H and O–H groups in total. The van der Waals surface area contributed by atoms with E-state index in [0.29, 0.717) is 17.3 Å². The molecule has 1 aliphatic rings. The molecule has 0 aliphatic carbocycles. The Morgan fingerprint density at radius 3 is 2.85 bits per heavy atom. The molecule has 0 bridgehead atoms. The zero-order valence-corrected chi connectivity index (χ0v) is 15.0. The molecule has 0 radical (unpaired) electrons. The van der Waals surface area contributed by atoms with Crippen LogP contribution in [-0.4, -0.2) is 34.5 Å². The van der Waals surface area contributed by atoms with Gasteiger partial charge in [-0.2, -0.15) is 11.8 Å². The van der Waals surface area contributed by atoms with Crippen LogP contribution >= 0.6 is 27.7 Å². The number of benzene rings is 1. The lowest BCUT2D eigenvalue weighted by molar-refractivity contribution is 0.124. The predicted molar refractivity (Wildman–Crippen MR) is 93.2 cm³/mol. The lowest BCUT2D eigenvalue weighted by atomic mass is 9.94. The highest BCUT2D eigenvalue weighted by atomic mass is 79.9. The van der Waals surface area contributed by atoms with Crippen LogP contribution in [0.25, 0.3) is 0 Å². The van der Waals surface area contributed by atoms with Gasteiger partial charge >= 0.3 is 0 Å². The van der Waals surface area contributed by atoms with Crippen LogP contribution in [-0.2, 0) is 0 Å². The van der Waals surface area contributed by atoms with E-state index in [1.54, 1.807) is 0 Å². The van der Waals surface area contributed by atoms with Crippen molar-refractivity contribution in [2.45, 2.75) is 50.6 Å². The quantitative estimate of drug-likeness (QED) is 0.881. The summed E-state index contributed by atoms with van der Waals surface area (Å²) in [6, 6.07) is 9.69. The normalized spacial score (nSPS) is 27.2. The predicted octanol–water partition coefficient (Wildman–Crippen LogP) is 4.05. The number of rotatable bonds is 4. The Hall–Kier alpha value is -0.0300. The van der Waals surface area contributed by atoms with Gasteiger partial charge in [-0.05, 0) is 31.0 Å². The van der Waals surface area contributed by atoms with E-state index in [-0.39, 0.29) is 6.04 Å². The van der Waals surface area contributed by atoms with Crippen molar-refractivity contribution in [3.8, 4) is 0 Å². The minimum Gasteiger partial charge on any atom is -0.326 e. The number of nitrogens with two attached hydrogens (primary N) is 1. The smallest absolute Gasteiger partial charge is 0.0503 e. The van der Waals surface area contributed by atoms with E-state index in [4.69, 9.17) is 5.73 Å². The first-order chi connectivity index (χ1) is 9.54. The van der Waals surface area contributed by atoms with E-state index in [1.165, 1.54) is 11.3 Å². The molecule has 1 aliphatic heterocycles. The summed E-state index contributed by atoms with van der Waals surface area (Å²) in [6.45, 7) is 7.98. The van der Waals surface area contributed by atoms with Crippen molar-refractivity contribution in [2.75, 3.05) is 12.3 Å². The van der Waals surface area contributed by atoms with E-state index in [1.807, 2.05) is 0 Å². The summed E-state index contributed by atoms with van der Waals surface area (Å²) in [5.41, 5.74) is 7.81. The Morgan fingerprint density at radius 1 is 1.45 bits per heavy atom. The minimum absolute atomic E-state index is 0.182. The average molecular weight is 357 g/mol. The topological polar surface area (TPSA) is 29.3 Å². The highest BCUT2D eigenvalue weighted by molar-refractivity contribution is 9.10. The summed E-state index contributed by atoms with van der Waals surface area (Å²) < 4.78 is 1.13. The van der Waals surface area contributed by atoms with Gasteiger partial charge in [0.05, 0.1) is 6.04 Å². The van der Waals surface area contributed by atoms with Crippen LogP contribution in [0.4, 0.5) is 0 Å². The number of halogens is 1. The summed E-state index contributed by atoms with van der Waals surface area (Å²) in [4.78, 5) is 2.61. The van der Waals surface area contributed by atoms with Crippen LogP contribution in [0.15, 0.2) is 28.7 Å². The highest BCUT2D eigenvalue weighted by Crippen LogP contribution is 2.34. The van der Waals surface area contributed by atoms with Gasteiger partial charge < -0.3 is 5.73 Å². The lowest BCUT2D eigenvalue weighted by Gasteiger charge is -2.44. The molecule has 112 valence electrons. The van der Waals surface area contributed by atoms with Crippen LogP contribution in [0.3, 0.4) is 0 Å². The molecule has 4 atom stereocenters. The van der Waals surface area contributed by atoms with Gasteiger partial charge in [0.25, 0.3) is 0 Å². The van der Waals surface area contributed by atoms with E-state index in [2.05, 4.69) is 77.6 Å². The average Bonchev–Trinajstić information content (AvgIpc) is 2.43. The van der Waals surface area contributed by atoms with E-state index >= 15 is 0 Å². The first kappa shape index (κ1) is 16.3. The van der Waals surface area contributed by atoms with Gasteiger partial charge in [0.15, 0.2) is 0 Å². The molecule has 1 heterocycles. The second-order valence-electron chi connectivity index (χ2n) is 5.63. The van der Waals surface area contributed by atoms with Gasteiger partial charge in [-0.25, -0.2) is 0 Å². The van der Waals surface area contributed by atoms with Crippen molar-refractivity contribution < 1.29 is 0 Å². The Morgan fingerprint density at radius 2 is 2.20 bits per heavy atom. The molecule has 1 aromatic carbocycles. The van der Waals surface area contributed by atoms with Gasteiger partial charge in [-0.3, -0.25) is 4.90 Å². The molecular weight excluding hydrogens is 332 g/mol. The van der Waals surface area contributed by atoms with Crippen LogP contribution < -0.4 is 5.73 Å². The molecule has 2 nitrogen and oxygen atoms in total. The Kier molecular flexibility index (Phi) is 5.96. The molecule has 0 amide bonds. The van der Waals surface area contributed by atoms with Crippen molar-refractivity contribution in [3.63, 3.8) is 0 Å². The maximum absolute atomic E-state index is 6.47. The SMILES string of the molecule is CCC(N)C(c1cccc(Br)c1)N1CCSC(C)C1C. The summed E-state index contributed by atoms with van der Waals surface area (Å²) in [6.07, 6.45) is 1.00. The van der Waals surface area contributed by atoms with Gasteiger partial charge in [-0.1, -0.05) is 41.9 Å². The number of nitrogens with zero attached hydrogens (tertiary/aromatic N) is 1. The van der Waals surface area contributed by atoms with E-state index in [0.717, 1.165) is 17.4 Å². The summed E-state index contributed by atoms with van der Waals surface area (Å²) in [7, 11) is 0. The fraction of sp³-hybridized carbons (Fsp3) is 0.625. The third-order valence-corrected chi connectivity index (χ3v) is 6.19. The number of thioether (sulfide) groups is 1. The third-order valence-electron chi connectivity index (χ3n) is 4.36. The molecule has 0 spiro atoms. The maximum Gasteiger partial charge on any atom is 0.0503 e. The monoisotopic (exact) mass is 356 g/mol. The Balaban J connectivity index is 2.32. The number of hydrogen-bond acceptors (Lipinski definition) is 3. The molecular formula is C16H25BrN2S. The molecule has 0 saturated carbocycles. The molecule has 0 aromatic heterocycles. The van der Waals surface area contributed by atoms with Crippen molar-refractivity contribution >= 4 is 27.7 Å². The summed E-state index contributed by atoms with van der Waals surface area (Å²) in [5, 5.41) is 0.669. The molecule has 1 aromatic rings. The fourth-order valence-electron chi connectivity index (χ4n) is 2.95. The van der Waals surface area contributed by atoms with Crippen molar-refractivity contribution in [3.05, 3.63) is 34.3 Å². The molecule has 4 unspecified atom stereocenters. The van der Waals surface area contributed by atoms with Crippen molar-refractivity contribution in [2.24, 2.45) is 5.73 Å². The van der Waals surface area contributed by atoms with Crippen LogP contribution in [0.1, 0.15) is 38.8 Å². The van der Waals surface area contributed by atoms with Crippen molar-refractivity contribution in [1.82, 2.24) is 4.90 Å². The molecule has 1 saturated heterocycles. The molecule has 4 heteroatoms. The number of hydrogen-bond donors (Lipinski definition) is 1. The summed E-state index contributed by atoms with van der Waals surface area (Å²) >= 11 is 5.66. The fourth-order valence-corrected chi connectivity index (χ4v) is 4.49. The van der Waals surface area contributed by atoms with E-state index in [9.17, 15) is 0 Å². The first-order valence-electron chi connectivity index (χ1n) is 7.43. The first-order valence-corrected chi connectivity index (χ1v) is 9.27. The lowest BCUT2D eigenvalue weighted by Crippen LogP contribution is -2.51. The van der Waals surface area contributed by atoms with Gasteiger partial charge in [-0.15, -0.1) is 0 Å². The third kappa shape index (κ3) is 3.59. The van der Waals surface area contributed by atoms with E-state index < -0.39 is 0 Å². The van der Waals surface area contributed by atoms with Crippen LogP contribution in [0.5, 0.6) is 0 Å². The van der Waals surface area contributed by atoms with Gasteiger partial charge in [0, 0.05) is 34.1 Å². The minimum atomic E-state index is 0.182. The maximum atomic E-state index is 6.47. The van der Waals surface area contributed by atoms with Crippen molar-refractivity contribution in [1.29, 1.82) is 0 Å². The largest absolute Gasteiger partial charge is 0.326 e. The van der Waals surface area contributed by atoms with Gasteiger partial charge in [0.2, 0.25) is 0 Å². The highest BCUT2D eigenvalue weighted by Gasteiger charge is 2.34. The second kappa shape index (κ2) is 7.30. The van der Waals surface area contributed by atoms with Crippen LogP contribution in [0, 0.1) is 0 Å².